The maximum Gasteiger partial charge on any atom is 0.329 e. The van der Waals surface area contributed by atoms with Crippen molar-refractivity contribution in [2.75, 3.05) is 6.61 Å². The van der Waals surface area contributed by atoms with Crippen molar-refractivity contribution in [3.63, 3.8) is 0 Å². The number of benzene rings is 1. The molecule has 2 amide bonds. The number of aliphatic hydroxyl groups excluding tert-OH is 1. The van der Waals surface area contributed by atoms with Gasteiger partial charge in [0.25, 0.3) is 0 Å². The Kier molecular flexibility index (Phi) is 10.4. The molecule has 0 saturated heterocycles. The minimum atomic E-state index is -1.07. The zero-order chi connectivity index (χ0) is 21.1. The van der Waals surface area contributed by atoms with Crippen molar-refractivity contribution in [3.05, 3.63) is 35.9 Å². The summed E-state index contributed by atoms with van der Waals surface area (Å²) in [6.07, 6.45) is 1.32. The van der Waals surface area contributed by atoms with Gasteiger partial charge in [0.1, 0.15) is 12.6 Å². The molecule has 1 aromatic rings. The highest BCUT2D eigenvalue weighted by Crippen LogP contribution is 2.14. The zero-order valence-corrected chi connectivity index (χ0v) is 17.0. The van der Waals surface area contributed by atoms with Crippen LogP contribution in [0.25, 0.3) is 0 Å². The number of carbonyl (C=O) groups excluding carboxylic acids is 3. The van der Waals surface area contributed by atoms with E-state index >= 15 is 0 Å². The van der Waals surface area contributed by atoms with Gasteiger partial charge in [-0.25, -0.2) is 4.79 Å². The number of hydrogen-bond acceptors (Lipinski definition) is 6. The number of nitrogens with two attached hydrogens (primary N) is 1. The van der Waals surface area contributed by atoms with Crippen LogP contribution >= 0.6 is 0 Å². The molecule has 1 aromatic carbocycles. The first-order valence-electron chi connectivity index (χ1n) is 9.70. The highest BCUT2D eigenvalue weighted by atomic mass is 16.5. The van der Waals surface area contributed by atoms with Gasteiger partial charge in [0.15, 0.2) is 0 Å². The molecular weight excluding hydrogens is 360 g/mol. The number of rotatable bonds is 11. The summed E-state index contributed by atoms with van der Waals surface area (Å²) in [5.41, 5.74) is 6.79. The molecule has 7 heteroatoms. The Morgan fingerprint density at radius 1 is 1.11 bits per heavy atom. The molecule has 0 radical (unpaired) electrons. The van der Waals surface area contributed by atoms with Crippen LogP contribution in [0.4, 0.5) is 0 Å². The Labute approximate surface area is 166 Å². The van der Waals surface area contributed by atoms with Gasteiger partial charge in [-0.15, -0.1) is 0 Å². The predicted octanol–water partition coefficient (Wildman–Crippen LogP) is 2.01. The van der Waals surface area contributed by atoms with Gasteiger partial charge in [-0.2, -0.15) is 0 Å². The lowest BCUT2D eigenvalue weighted by Crippen LogP contribution is -2.53. The maximum atomic E-state index is 12.8. The molecule has 0 aliphatic heterocycles. The van der Waals surface area contributed by atoms with Gasteiger partial charge in [-0.1, -0.05) is 44.2 Å². The van der Waals surface area contributed by atoms with E-state index in [9.17, 15) is 14.4 Å². The van der Waals surface area contributed by atoms with E-state index in [0.717, 1.165) is 10.5 Å². The molecule has 0 heterocycles. The maximum absolute atomic E-state index is 12.8. The molecule has 0 aliphatic rings. The topological polar surface area (TPSA) is 110 Å². The first-order valence-corrected chi connectivity index (χ1v) is 9.70. The minimum Gasteiger partial charge on any atom is -0.459 e. The van der Waals surface area contributed by atoms with Crippen LogP contribution in [0, 0.1) is 5.92 Å². The second-order valence-corrected chi connectivity index (χ2v) is 7.29. The molecule has 2 atom stereocenters. The first-order chi connectivity index (χ1) is 13.3. The first kappa shape index (κ1) is 23.8. The zero-order valence-electron chi connectivity index (χ0n) is 17.0. The van der Waals surface area contributed by atoms with Crippen molar-refractivity contribution >= 4 is 17.8 Å². The van der Waals surface area contributed by atoms with Crippen molar-refractivity contribution in [3.8, 4) is 0 Å². The van der Waals surface area contributed by atoms with Crippen LogP contribution in [0.15, 0.2) is 30.3 Å². The monoisotopic (exact) mass is 392 g/mol. The Hall–Kier alpha value is -2.25. The summed E-state index contributed by atoms with van der Waals surface area (Å²) in [5, 5.41) is 8.90. The lowest BCUT2D eigenvalue weighted by Gasteiger charge is -2.29. The molecule has 3 N–H and O–H groups in total. The van der Waals surface area contributed by atoms with E-state index in [1.54, 1.807) is 0 Å². The molecule has 0 fully saturated rings. The van der Waals surface area contributed by atoms with Gasteiger partial charge in [0, 0.05) is 13.0 Å². The van der Waals surface area contributed by atoms with Gasteiger partial charge >= 0.3 is 5.97 Å². The highest BCUT2D eigenvalue weighted by Gasteiger charge is 2.35. The number of imide groups is 1. The van der Waals surface area contributed by atoms with Crippen molar-refractivity contribution in [2.24, 2.45) is 11.7 Å². The van der Waals surface area contributed by atoms with E-state index in [1.807, 2.05) is 44.2 Å². The Balaban J connectivity index is 2.86. The average molecular weight is 392 g/mol. The molecule has 0 aromatic heterocycles. The molecular formula is C21H32N2O5. The fourth-order valence-electron chi connectivity index (χ4n) is 2.78. The van der Waals surface area contributed by atoms with Crippen LogP contribution in [0.1, 0.15) is 52.0 Å². The second-order valence-electron chi connectivity index (χ2n) is 7.29. The summed E-state index contributed by atoms with van der Waals surface area (Å²) in [5.74, 6) is -1.55. The normalized spacial score (nSPS) is 13.1. The molecule has 156 valence electrons. The molecule has 0 saturated carbocycles. The van der Waals surface area contributed by atoms with Gasteiger partial charge in [-0.05, 0) is 37.7 Å². The Morgan fingerprint density at radius 2 is 1.75 bits per heavy atom. The van der Waals surface area contributed by atoms with Gasteiger partial charge in [0.2, 0.25) is 11.8 Å². The molecule has 28 heavy (non-hydrogen) atoms. The lowest BCUT2D eigenvalue weighted by molar-refractivity contribution is -0.162. The number of carbonyl (C=O) groups is 3. The molecule has 0 unspecified atom stereocenters. The molecule has 0 bridgehead atoms. The van der Waals surface area contributed by atoms with Gasteiger partial charge in [0.05, 0.1) is 6.04 Å². The van der Waals surface area contributed by atoms with Crippen LogP contribution < -0.4 is 5.73 Å². The molecule has 0 aliphatic carbocycles. The van der Waals surface area contributed by atoms with Gasteiger partial charge in [-0.3, -0.25) is 14.5 Å². The third-order valence-electron chi connectivity index (χ3n) is 4.30. The van der Waals surface area contributed by atoms with Crippen molar-refractivity contribution < 1.29 is 24.2 Å². The lowest BCUT2D eigenvalue weighted by atomic mass is 10.0. The smallest absolute Gasteiger partial charge is 0.329 e. The molecule has 7 nitrogen and oxygen atoms in total. The summed E-state index contributed by atoms with van der Waals surface area (Å²) in [7, 11) is 0. The van der Waals surface area contributed by atoms with E-state index < -0.39 is 29.9 Å². The summed E-state index contributed by atoms with van der Waals surface area (Å²) < 4.78 is 5.29. The average Bonchev–Trinajstić information content (AvgIpc) is 2.66. The Bertz CT molecular complexity index is 633. The van der Waals surface area contributed by atoms with Crippen molar-refractivity contribution in [2.45, 2.75) is 65.1 Å². The summed E-state index contributed by atoms with van der Waals surface area (Å²) >= 11 is 0. The quantitative estimate of drug-likeness (QED) is 0.440. The van der Waals surface area contributed by atoms with Crippen molar-refractivity contribution in [1.82, 2.24) is 4.90 Å². The van der Waals surface area contributed by atoms with Crippen LogP contribution in [0.5, 0.6) is 0 Å². The van der Waals surface area contributed by atoms with Crippen LogP contribution in [-0.2, 0) is 25.7 Å². The highest BCUT2D eigenvalue weighted by molar-refractivity contribution is 6.01. The molecule has 0 spiro atoms. The Morgan fingerprint density at radius 3 is 2.32 bits per heavy atom. The number of nitrogens with zero attached hydrogens (tertiary/aromatic N) is 1. The third kappa shape index (κ3) is 7.78. The second kappa shape index (κ2) is 12.3. The molecule has 1 rings (SSSR count). The third-order valence-corrected chi connectivity index (χ3v) is 4.30. The number of unbranched alkanes of at least 4 members (excludes halogenated alkanes) is 1. The fraction of sp³-hybridized carbons (Fsp3) is 0.571. The van der Waals surface area contributed by atoms with E-state index in [1.165, 1.54) is 6.92 Å². The van der Waals surface area contributed by atoms with E-state index in [2.05, 4.69) is 0 Å². The van der Waals surface area contributed by atoms with Crippen LogP contribution in [0.2, 0.25) is 0 Å². The largest absolute Gasteiger partial charge is 0.459 e. The number of aliphatic hydroxyl groups is 1. The van der Waals surface area contributed by atoms with Crippen molar-refractivity contribution in [1.29, 1.82) is 0 Å². The summed E-state index contributed by atoms with van der Waals surface area (Å²) in [6, 6.07) is 7.21. The van der Waals surface area contributed by atoms with Gasteiger partial charge < -0.3 is 15.6 Å². The van der Waals surface area contributed by atoms with Crippen LogP contribution in [0.3, 0.4) is 0 Å². The number of ether oxygens (including phenoxy) is 1. The number of esters is 1. The summed E-state index contributed by atoms with van der Waals surface area (Å²) in [4.78, 5) is 38.8. The predicted molar refractivity (Wildman–Crippen MR) is 106 cm³/mol. The SMILES string of the molecule is CC(C)C[C@H](N)C(=O)N(C(=O)CCCCO)[C@@H](C)C(=O)OCc1ccccc1. The fourth-order valence-corrected chi connectivity index (χ4v) is 2.78. The number of amides is 2. The van der Waals surface area contributed by atoms with Crippen LogP contribution in [-0.4, -0.2) is 46.5 Å². The standard InChI is InChI=1S/C21H32N2O5/c1-15(2)13-18(22)20(26)23(19(25)11-7-8-12-24)16(3)21(27)28-14-17-9-5-4-6-10-17/h4-6,9-10,15-16,18,24H,7-8,11-14,22H2,1-3H3/t16-,18-/m0/s1. The minimum absolute atomic E-state index is 0.0389. The van der Waals surface area contributed by atoms with E-state index in [4.69, 9.17) is 15.6 Å². The van der Waals surface area contributed by atoms with E-state index in [0.29, 0.717) is 19.3 Å². The number of hydrogen-bond donors (Lipinski definition) is 2. The van der Waals surface area contributed by atoms with E-state index in [-0.39, 0.29) is 25.6 Å². The summed E-state index contributed by atoms with van der Waals surface area (Å²) in [6.45, 7) is 5.35.